The summed E-state index contributed by atoms with van der Waals surface area (Å²) in [6, 6.07) is 0.152. The summed E-state index contributed by atoms with van der Waals surface area (Å²) in [5.74, 6) is -4.51. The van der Waals surface area contributed by atoms with Crippen molar-refractivity contribution in [2.45, 2.75) is 12.5 Å². The highest BCUT2D eigenvalue weighted by Gasteiger charge is 2.23. The quantitative estimate of drug-likeness (QED) is 0.626. The number of hydrogen-bond acceptors (Lipinski definition) is 3. The summed E-state index contributed by atoms with van der Waals surface area (Å²) in [6.45, 7) is 0. The van der Waals surface area contributed by atoms with E-state index >= 15 is 0 Å². The number of carbonyl (C=O) groups excluding carboxylic acids is 2. The topological polar surface area (TPSA) is 122 Å². The molecule has 0 aliphatic carbocycles. The maximum atomic E-state index is 13.2. The van der Waals surface area contributed by atoms with Gasteiger partial charge >= 0.3 is 12.0 Å². The van der Waals surface area contributed by atoms with Gasteiger partial charge in [-0.1, -0.05) is 6.07 Å². The molecule has 1 aromatic carbocycles. The fourth-order valence-electron chi connectivity index (χ4n) is 1.33. The number of carboxylic acid groups (broad SMARTS) is 1. The standard InChI is InChI=1S/C11H11F2N3O4/c12-5-2-1-3-6(13)9(5)16-11(20)15-7(10(18)19)4-8(14)17/h1-3,7H,4H2,(H2,14,17)(H,18,19)(H2,15,16,20)/t7-/m1/s1. The largest absolute Gasteiger partial charge is 0.480 e. The Hall–Kier alpha value is -2.71. The molecule has 0 unspecified atom stereocenters. The van der Waals surface area contributed by atoms with Crippen LogP contribution in [0.25, 0.3) is 0 Å². The Labute approximate surface area is 111 Å². The van der Waals surface area contributed by atoms with Crippen LogP contribution in [0.3, 0.4) is 0 Å². The van der Waals surface area contributed by atoms with Gasteiger partial charge in [-0.3, -0.25) is 4.79 Å². The van der Waals surface area contributed by atoms with Gasteiger partial charge in [-0.25, -0.2) is 18.4 Å². The number of nitrogens with one attached hydrogen (secondary N) is 2. The number of anilines is 1. The molecule has 0 radical (unpaired) electrons. The smallest absolute Gasteiger partial charge is 0.326 e. The van der Waals surface area contributed by atoms with E-state index in [1.807, 2.05) is 10.6 Å². The van der Waals surface area contributed by atoms with Crippen LogP contribution in [-0.4, -0.2) is 29.1 Å². The molecule has 0 bridgehead atoms. The molecule has 5 N–H and O–H groups in total. The second-order valence-corrected chi connectivity index (χ2v) is 3.76. The van der Waals surface area contributed by atoms with Gasteiger partial charge < -0.3 is 21.5 Å². The Kier molecular flexibility index (Phi) is 4.95. The second kappa shape index (κ2) is 6.45. The molecule has 0 heterocycles. The summed E-state index contributed by atoms with van der Waals surface area (Å²) in [5, 5.41) is 12.4. The first-order chi connectivity index (χ1) is 9.31. The van der Waals surface area contributed by atoms with Crippen molar-refractivity contribution in [3.05, 3.63) is 29.8 Å². The normalized spacial score (nSPS) is 11.5. The van der Waals surface area contributed by atoms with Crippen LogP contribution < -0.4 is 16.4 Å². The fourth-order valence-corrected chi connectivity index (χ4v) is 1.33. The lowest BCUT2D eigenvalue weighted by molar-refractivity contribution is -0.140. The van der Waals surface area contributed by atoms with Gasteiger partial charge in [-0.2, -0.15) is 0 Å². The van der Waals surface area contributed by atoms with Gasteiger partial charge in [0.15, 0.2) is 0 Å². The Balaban J connectivity index is 2.76. The van der Waals surface area contributed by atoms with Crippen molar-refractivity contribution >= 4 is 23.6 Å². The SMILES string of the molecule is NC(=O)C[C@@H](NC(=O)Nc1c(F)cccc1F)C(=O)O. The number of urea groups is 1. The van der Waals surface area contributed by atoms with Crippen LogP contribution in [-0.2, 0) is 9.59 Å². The van der Waals surface area contributed by atoms with E-state index in [1.165, 1.54) is 0 Å². The minimum Gasteiger partial charge on any atom is -0.480 e. The van der Waals surface area contributed by atoms with Gasteiger partial charge in [0, 0.05) is 0 Å². The molecule has 3 amide bonds. The molecule has 1 atom stereocenters. The van der Waals surface area contributed by atoms with Crippen molar-refractivity contribution in [1.29, 1.82) is 0 Å². The number of aliphatic carboxylic acids is 1. The summed E-state index contributed by atoms with van der Waals surface area (Å²) >= 11 is 0. The van der Waals surface area contributed by atoms with E-state index in [4.69, 9.17) is 10.8 Å². The Morgan fingerprint density at radius 1 is 1.25 bits per heavy atom. The number of hydrogen-bond donors (Lipinski definition) is 4. The zero-order valence-corrected chi connectivity index (χ0v) is 10.0. The first-order valence-electron chi connectivity index (χ1n) is 5.34. The third-order valence-electron chi connectivity index (χ3n) is 2.21. The molecule has 0 aliphatic rings. The number of nitrogens with two attached hydrogens (primary N) is 1. The lowest BCUT2D eigenvalue weighted by Gasteiger charge is -2.14. The lowest BCUT2D eigenvalue weighted by atomic mass is 10.2. The summed E-state index contributed by atoms with van der Waals surface area (Å²) < 4.78 is 26.5. The third-order valence-corrected chi connectivity index (χ3v) is 2.21. The van der Waals surface area contributed by atoms with Crippen molar-refractivity contribution in [3.63, 3.8) is 0 Å². The van der Waals surface area contributed by atoms with Crippen LogP contribution in [0, 0.1) is 11.6 Å². The zero-order chi connectivity index (χ0) is 15.3. The Morgan fingerprint density at radius 3 is 2.25 bits per heavy atom. The van der Waals surface area contributed by atoms with Crippen molar-refractivity contribution in [3.8, 4) is 0 Å². The van der Waals surface area contributed by atoms with Crippen LogP contribution in [0.5, 0.6) is 0 Å². The van der Waals surface area contributed by atoms with E-state index in [0.717, 1.165) is 18.2 Å². The van der Waals surface area contributed by atoms with Gasteiger partial charge in [0.1, 0.15) is 23.4 Å². The molecule has 0 aliphatic heterocycles. The maximum Gasteiger partial charge on any atom is 0.326 e. The van der Waals surface area contributed by atoms with Crippen LogP contribution in [0.2, 0.25) is 0 Å². The first kappa shape index (κ1) is 15.3. The molecule has 7 nitrogen and oxygen atoms in total. The van der Waals surface area contributed by atoms with Crippen molar-refractivity contribution in [2.75, 3.05) is 5.32 Å². The minimum absolute atomic E-state index is 0.650. The highest BCUT2D eigenvalue weighted by molar-refractivity contribution is 5.94. The monoisotopic (exact) mass is 287 g/mol. The molecule has 0 saturated heterocycles. The molecular formula is C11H11F2N3O4. The van der Waals surface area contributed by atoms with Crippen LogP contribution in [0.15, 0.2) is 18.2 Å². The third kappa shape index (κ3) is 4.19. The molecule has 1 rings (SSSR count). The van der Waals surface area contributed by atoms with Crippen LogP contribution in [0.4, 0.5) is 19.3 Å². The molecule has 0 spiro atoms. The number of para-hydroxylation sites is 1. The fraction of sp³-hybridized carbons (Fsp3) is 0.182. The number of halogens is 2. The van der Waals surface area contributed by atoms with E-state index in [2.05, 4.69) is 0 Å². The molecule has 0 saturated carbocycles. The highest BCUT2D eigenvalue weighted by Crippen LogP contribution is 2.17. The van der Waals surface area contributed by atoms with Crippen molar-refractivity contribution in [1.82, 2.24) is 5.32 Å². The van der Waals surface area contributed by atoms with Gasteiger partial charge in [0.2, 0.25) is 5.91 Å². The van der Waals surface area contributed by atoms with Gasteiger partial charge in [0.05, 0.1) is 6.42 Å². The lowest BCUT2D eigenvalue weighted by Crippen LogP contribution is -2.45. The van der Waals surface area contributed by atoms with E-state index < -0.39 is 47.7 Å². The van der Waals surface area contributed by atoms with Crippen molar-refractivity contribution in [2.24, 2.45) is 5.73 Å². The van der Waals surface area contributed by atoms with Crippen LogP contribution >= 0.6 is 0 Å². The molecule has 9 heteroatoms. The number of carbonyl (C=O) groups is 3. The predicted molar refractivity (Wildman–Crippen MR) is 63.7 cm³/mol. The van der Waals surface area contributed by atoms with E-state index in [0.29, 0.717) is 0 Å². The van der Waals surface area contributed by atoms with Crippen molar-refractivity contribution < 1.29 is 28.3 Å². The van der Waals surface area contributed by atoms with Gasteiger partial charge in [-0.15, -0.1) is 0 Å². The summed E-state index contributed by atoms with van der Waals surface area (Å²) in [7, 11) is 0. The number of primary amides is 1. The number of amides is 3. The zero-order valence-electron chi connectivity index (χ0n) is 10.0. The first-order valence-corrected chi connectivity index (χ1v) is 5.34. The second-order valence-electron chi connectivity index (χ2n) is 3.76. The molecular weight excluding hydrogens is 276 g/mol. The van der Waals surface area contributed by atoms with E-state index in [1.54, 1.807) is 0 Å². The summed E-state index contributed by atoms with van der Waals surface area (Å²) in [6.07, 6.45) is -0.650. The predicted octanol–water partition coefficient (Wildman–Crippen LogP) is 0.415. The molecule has 20 heavy (non-hydrogen) atoms. The molecule has 1 aromatic rings. The Bertz CT molecular complexity index is 530. The molecule has 0 fully saturated rings. The maximum absolute atomic E-state index is 13.2. The molecule has 108 valence electrons. The number of carboxylic acids is 1. The Morgan fingerprint density at radius 2 is 1.80 bits per heavy atom. The average Bonchev–Trinajstić information content (AvgIpc) is 2.32. The minimum atomic E-state index is -1.60. The molecule has 0 aromatic heterocycles. The van der Waals surface area contributed by atoms with Gasteiger partial charge in [-0.05, 0) is 12.1 Å². The van der Waals surface area contributed by atoms with Crippen LogP contribution in [0.1, 0.15) is 6.42 Å². The number of rotatable bonds is 5. The average molecular weight is 287 g/mol. The van der Waals surface area contributed by atoms with Gasteiger partial charge in [0.25, 0.3) is 0 Å². The highest BCUT2D eigenvalue weighted by atomic mass is 19.1. The number of benzene rings is 1. The van der Waals surface area contributed by atoms with E-state index in [-0.39, 0.29) is 0 Å². The summed E-state index contributed by atoms with van der Waals surface area (Å²) in [4.78, 5) is 32.8. The van der Waals surface area contributed by atoms with E-state index in [9.17, 15) is 23.2 Å². The summed E-state index contributed by atoms with van der Waals surface area (Å²) in [5.41, 5.74) is 4.09.